The number of rotatable bonds is 0. The Morgan fingerprint density at radius 2 is 1.75 bits per heavy atom. The van der Waals surface area contributed by atoms with E-state index in [1.165, 1.54) is 6.08 Å². The lowest BCUT2D eigenvalue weighted by atomic mass is 9.88. The average molecular weight is 160 g/mol. The van der Waals surface area contributed by atoms with E-state index in [1.807, 2.05) is 12.2 Å². The molecule has 0 unspecified atom stereocenters. The van der Waals surface area contributed by atoms with E-state index < -0.39 is 5.78 Å². The van der Waals surface area contributed by atoms with Crippen molar-refractivity contribution in [3.05, 3.63) is 35.5 Å². The van der Waals surface area contributed by atoms with Crippen LogP contribution in [0.1, 0.15) is 12.8 Å². The van der Waals surface area contributed by atoms with Crippen LogP contribution in [0.15, 0.2) is 35.5 Å². The smallest absolute Gasteiger partial charge is 0.233 e. The fourth-order valence-electron chi connectivity index (χ4n) is 1.45. The van der Waals surface area contributed by atoms with Gasteiger partial charge in [0.2, 0.25) is 11.6 Å². The molecule has 2 nitrogen and oxygen atoms in total. The first-order chi connectivity index (χ1) is 5.79. The van der Waals surface area contributed by atoms with Crippen molar-refractivity contribution in [2.75, 3.05) is 0 Å². The molecule has 2 heteroatoms. The normalized spacial score (nSPS) is 21.7. The van der Waals surface area contributed by atoms with Gasteiger partial charge in [0.15, 0.2) is 0 Å². The molecule has 0 aromatic heterocycles. The first-order valence-electron chi connectivity index (χ1n) is 3.96. The molecule has 0 spiro atoms. The van der Waals surface area contributed by atoms with Crippen molar-refractivity contribution < 1.29 is 9.59 Å². The Balaban J connectivity index is 2.51. The molecule has 2 aliphatic rings. The van der Waals surface area contributed by atoms with Crippen LogP contribution in [-0.2, 0) is 9.59 Å². The largest absolute Gasteiger partial charge is 0.286 e. The highest BCUT2D eigenvalue weighted by Gasteiger charge is 2.23. The summed E-state index contributed by atoms with van der Waals surface area (Å²) in [6.45, 7) is 0. The van der Waals surface area contributed by atoms with E-state index in [2.05, 4.69) is 0 Å². The van der Waals surface area contributed by atoms with Crippen LogP contribution in [0.2, 0.25) is 0 Å². The number of carbonyl (C=O) groups excluding carboxylic acids is 2. The number of allylic oxidation sites excluding steroid dienone is 6. The Morgan fingerprint density at radius 3 is 2.58 bits per heavy atom. The van der Waals surface area contributed by atoms with Crippen LogP contribution in [0, 0.1) is 0 Å². The first-order valence-corrected chi connectivity index (χ1v) is 3.96. The van der Waals surface area contributed by atoms with E-state index in [4.69, 9.17) is 0 Å². The van der Waals surface area contributed by atoms with Crippen LogP contribution in [0.4, 0.5) is 0 Å². The lowest BCUT2D eigenvalue weighted by Crippen LogP contribution is -2.19. The van der Waals surface area contributed by atoms with Gasteiger partial charge >= 0.3 is 0 Å². The monoisotopic (exact) mass is 160 g/mol. The summed E-state index contributed by atoms with van der Waals surface area (Å²) in [5, 5.41) is 0. The molecular formula is C10H8O2. The van der Waals surface area contributed by atoms with Gasteiger partial charge in [-0.15, -0.1) is 0 Å². The summed E-state index contributed by atoms with van der Waals surface area (Å²) in [5.74, 6) is -0.760. The first kappa shape index (κ1) is 7.22. The fraction of sp³-hybridized carbons (Fsp3) is 0.200. The summed E-state index contributed by atoms with van der Waals surface area (Å²) in [5.41, 5.74) is 1.50. The van der Waals surface area contributed by atoms with Gasteiger partial charge in [-0.2, -0.15) is 0 Å². The fourth-order valence-corrected chi connectivity index (χ4v) is 1.45. The van der Waals surface area contributed by atoms with Gasteiger partial charge in [-0.3, -0.25) is 9.59 Å². The molecule has 0 bridgehead atoms. The predicted octanol–water partition coefficient (Wildman–Crippen LogP) is 1.34. The average Bonchev–Trinajstić information content (AvgIpc) is 2.12. The number of hydrogen-bond donors (Lipinski definition) is 0. The predicted molar refractivity (Wildman–Crippen MR) is 44.6 cm³/mol. The summed E-state index contributed by atoms with van der Waals surface area (Å²) in [6.07, 6.45) is 8.73. The van der Waals surface area contributed by atoms with Crippen LogP contribution in [-0.4, -0.2) is 11.6 Å². The van der Waals surface area contributed by atoms with Crippen molar-refractivity contribution in [1.29, 1.82) is 0 Å². The van der Waals surface area contributed by atoms with Gasteiger partial charge in [0.1, 0.15) is 0 Å². The van der Waals surface area contributed by atoms with Gasteiger partial charge in [-0.1, -0.05) is 18.2 Å². The molecule has 2 aliphatic carbocycles. The molecule has 0 aromatic carbocycles. The van der Waals surface area contributed by atoms with Crippen LogP contribution >= 0.6 is 0 Å². The molecule has 0 aliphatic heterocycles. The lowest BCUT2D eigenvalue weighted by molar-refractivity contribution is -0.131. The van der Waals surface area contributed by atoms with Gasteiger partial charge in [0.05, 0.1) is 0 Å². The summed E-state index contributed by atoms with van der Waals surface area (Å²) >= 11 is 0. The van der Waals surface area contributed by atoms with Gasteiger partial charge in [0.25, 0.3) is 0 Å². The van der Waals surface area contributed by atoms with Crippen molar-refractivity contribution in [2.45, 2.75) is 12.8 Å². The molecule has 60 valence electrons. The Kier molecular flexibility index (Phi) is 1.54. The summed E-state index contributed by atoms with van der Waals surface area (Å²) < 4.78 is 0. The molecule has 0 heterocycles. The molecule has 0 saturated carbocycles. The second kappa shape index (κ2) is 2.55. The third-order valence-electron chi connectivity index (χ3n) is 2.07. The number of hydrogen-bond acceptors (Lipinski definition) is 2. The Morgan fingerprint density at radius 1 is 1.00 bits per heavy atom. The SMILES string of the molecule is O=C1C=CC2=CCCC=C2C1=O. The Bertz CT molecular complexity index is 343. The van der Waals surface area contributed by atoms with Crippen LogP contribution in [0.3, 0.4) is 0 Å². The van der Waals surface area contributed by atoms with Crippen molar-refractivity contribution in [3.63, 3.8) is 0 Å². The second-order valence-corrected chi connectivity index (χ2v) is 2.88. The lowest BCUT2D eigenvalue weighted by Gasteiger charge is -2.13. The third kappa shape index (κ3) is 0.961. The molecule has 2 rings (SSSR count). The topological polar surface area (TPSA) is 34.1 Å². The van der Waals surface area contributed by atoms with E-state index in [0.29, 0.717) is 5.57 Å². The van der Waals surface area contributed by atoms with E-state index in [0.717, 1.165) is 18.4 Å². The highest BCUT2D eigenvalue weighted by molar-refractivity contribution is 6.49. The van der Waals surface area contributed by atoms with E-state index in [1.54, 1.807) is 6.08 Å². The van der Waals surface area contributed by atoms with Crippen LogP contribution in [0.25, 0.3) is 0 Å². The molecule has 0 saturated heterocycles. The molecule has 0 radical (unpaired) electrons. The van der Waals surface area contributed by atoms with E-state index in [9.17, 15) is 9.59 Å². The van der Waals surface area contributed by atoms with Crippen molar-refractivity contribution >= 4 is 11.6 Å². The van der Waals surface area contributed by atoms with Gasteiger partial charge in [0, 0.05) is 5.57 Å². The molecule has 0 aromatic rings. The molecule has 0 fully saturated rings. The Hall–Kier alpha value is -1.44. The number of fused-ring (bicyclic) bond motifs is 1. The maximum absolute atomic E-state index is 11.2. The number of carbonyl (C=O) groups is 2. The van der Waals surface area contributed by atoms with E-state index >= 15 is 0 Å². The minimum absolute atomic E-state index is 0.358. The minimum Gasteiger partial charge on any atom is -0.286 e. The van der Waals surface area contributed by atoms with Crippen molar-refractivity contribution in [3.8, 4) is 0 Å². The zero-order valence-electron chi connectivity index (χ0n) is 6.54. The number of ketones is 2. The second-order valence-electron chi connectivity index (χ2n) is 2.88. The van der Waals surface area contributed by atoms with Crippen LogP contribution < -0.4 is 0 Å². The highest BCUT2D eigenvalue weighted by Crippen LogP contribution is 2.23. The van der Waals surface area contributed by atoms with Gasteiger partial charge in [-0.25, -0.2) is 0 Å². The molecular weight excluding hydrogens is 152 g/mol. The maximum atomic E-state index is 11.2. The quantitative estimate of drug-likeness (QED) is 0.501. The highest BCUT2D eigenvalue weighted by atomic mass is 16.2. The zero-order valence-corrected chi connectivity index (χ0v) is 6.54. The summed E-state index contributed by atoms with van der Waals surface area (Å²) in [7, 11) is 0. The molecule has 12 heavy (non-hydrogen) atoms. The van der Waals surface area contributed by atoms with E-state index in [-0.39, 0.29) is 5.78 Å². The summed E-state index contributed by atoms with van der Waals surface area (Å²) in [6, 6.07) is 0. The van der Waals surface area contributed by atoms with Crippen molar-refractivity contribution in [1.82, 2.24) is 0 Å². The van der Waals surface area contributed by atoms with Gasteiger partial charge < -0.3 is 0 Å². The minimum atomic E-state index is -0.403. The number of Topliss-reactive ketones (excluding diaryl/α,β-unsaturated/α-hetero) is 1. The molecule has 0 amide bonds. The standard InChI is InChI=1S/C10H8O2/c11-9-6-5-7-3-1-2-4-8(7)10(9)12/h3-6H,1-2H2. The third-order valence-corrected chi connectivity index (χ3v) is 2.07. The maximum Gasteiger partial charge on any atom is 0.233 e. The van der Waals surface area contributed by atoms with Crippen LogP contribution in [0.5, 0.6) is 0 Å². The zero-order chi connectivity index (χ0) is 8.55. The van der Waals surface area contributed by atoms with Gasteiger partial charge in [-0.05, 0) is 24.5 Å². The molecule has 0 atom stereocenters. The van der Waals surface area contributed by atoms with Crippen molar-refractivity contribution in [2.24, 2.45) is 0 Å². The Labute approximate surface area is 70.3 Å². The summed E-state index contributed by atoms with van der Waals surface area (Å²) in [4.78, 5) is 22.2. The molecule has 0 N–H and O–H groups in total.